The smallest absolute Gasteiger partial charge is 0.0212 e. The van der Waals surface area contributed by atoms with Crippen molar-refractivity contribution >= 4 is 11.3 Å². The van der Waals surface area contributed by atoms with Gasteiger partial charge in [0.2, 0.25) is 0 Å². The van der Waals surface area contributed by atoms with Crippen molar-refractivity contribution < 1.29 is 8.76 Å². The van der Waals surface area contributed by atoms with Crippen LogP contribution in [0.2, 0.25) is 0 Å². The maximum atomic E-state index is 11.2. The van der Waals surface area contributed by atoms with Crippen molar-refractivity contribution in [2.75, 3.05) is 7.05 Å². The van der Waals surface area contributed by atoms with Gasteiger partial charge in [-0.25, -0.2) is 4.31 Å². The molecule has 0 aliphatic carbocycles. The van der Waals surface area contributed by atoms with E-state index >= 15 is 0 Å². The van der Waals surface area contributed by atoms with Gasteiger partial charge in [0.25, 0.3) is 0 Å². The molecule has 4 heteroatoms. The van der Waals surface area contributed by atoms with Gasteiger partial charge in [0.15, 0.2) is 0 Å². The second-order valence-corrected chi connectivity index (χ2v) is 7.89. The van der Waals surface area contributed by atoms with Gasteiger partial charge < -0.3 is 4.55 Å². The van der Waals surface area contributed by atoms with Crippen LogP contribution >= 0.6 is 0 Å². The Morgan fingerprint density at radius 1 is 0.739 bits per heavy atom. The van der Waals surface area contributed by atoms with Gasteiger partial charge in [0.05, 0.1) is 0 Å². The molecule has 0 bridgehead atoms. The van der Waals surface area contributed by atoms with Crippen molar-refractivity contribution in [2.24, 2.45) is 0 Å². The zero-order chi connectivity index (χ0) is 17.3. The molecule has 0 aromatic heterocycles. The minimum atomic E-state index is -2.08. The Hall–Kier alpha value is 0.0700. The van der Waals surface area contributed by atoms with Gasteiger partial charge in [-0.15, -0.1) is 0 Å². The van der Waals surface area contributed by atoms with E-state index in [1.807, 2.05) is 0 Å². The van der Waals surface area contributed by atoms with Crippen molar-refractivity contribution in [1.82, 2.24) is 4.31 Å². The third-order valence-electron chi connectivity index (χ3n) is 4.78. The molecule has 0 saturated carbocycles. The maximum Gasteiger partial charge on any atom is 0.0212 e. The highest BCUT2D eigenvalue weighted by atomic mass is 32.2. The normalized spacial score (nSPS) is 14.3. The Bertz CT molecular complexity index is 274. The second-order valence-electron chi connectivity index (χ2n) is 6.88. The van der Waals surface area contributed by atoms with Crippen molar-refractivity contribution in [3.8, 4) is 0 Å². The first kappa shape index (κ1) is 23.1. The number of rotatable bonds is 17. The van der Waals surface area contributed by atoms with E-state index in [9.17, 15) is 8.76 Å². The van der Waals surface area contributed by atoms with E-state index in [4.69, 9.17) is 0 Å². The summed E-state index contributed by atoms with van der Waals surface area (Å²) in [6.45, 7) is 4.47. The molecule has 0 heterocycles. The molecule has 0 aliphatic heterocycles. The van der Waals surface area contributed by atoms with E-state index in [0.717, 1.165) is 25.7 Å². The van der Waals surface area contributed by atoms with Crippen LogP contribution in [0.3, 0.4) is 0 Å². The van der Waals surface area contributed by atoms with E-state index < -0.39 is 11.3 Å². The Morgan fingerprint density at radius 3 is 1.43 bits per heavy atom. The molecular weight excluding hydrogens is 306 g/mol. The Balaban J connectivity index is 3.85. The lowest BCUT2D eigenvalue weighted by atomic mass is 10.00. The summed E-state index contributed by atoms with van der Waals surface area (Å²) in [4.78, 5) is 0. The predicted octanol–water partition coefficient (Wildman–Crippen LogP) is 5.97. The fraction of sp³-hybridized carbons (Fsp3) is 1.00. The van der Waals surface area contributed by atoms with E-state index in [2.05, 4.69) is 13.8 Å². The lowest BCUT2D eigenvalue weighted by Gasteiger charge is -2.29. The van der Waals surface area contributed by atoms with Gasteiger partial charge in [0, 0.05) is 17.3 Å². The minimum absolute atomic E-state index is 0.204. The first-order valence-electron chi connectivity index (χ1n) is 9.95. The summed E-state index contributed by atoms with van der Waals surface area (Å²) >= 11 is -2.08. The quantitative estimate of drug-likeness (QED) is 0.240. The summed E-state index contributed by atoms with van der Waals surface area (Å²) in [5.41, 5.74) is 0. The first-order valence-corrected chi connectivity index (χ1v) is 11.0. The Kier molecular flexibility index (Phi) is 17.0. The SMILES string of the molecule is CCCCCCCCCC(CCCCCCCC)N(C)S(=O)[O-]. The van der Waals surface area contributed by atoms with E-state index in [0.29, 0.717) is 0 Å². The van der Waals surface area contributed by atoms with Gasteiger partial charge in [-0.05, 0) is 19.9 Å². The lowest BCUT2D eigenvalue weighted by Crippen LogP contribution is -2.33. The molecular formula is C19H40NO2S-. The van der Waals surface area contributed by atoms with Crippen molar-refractivity contribution in [1.29, 1.82) is 0 Å². The maximum absolute atomic E-state index is 11.2. The van der Waals surface area contributed by atoms with Crippen LogP contribution in [-0.2, 0) is 11.3 Å². The summed E-state index contributed by atoms with van der Waals surface area (Å²) in [7, 11) is 1.73. The molecule has 0 N–H and O–H groups in total. The average Bonchev–Trinajstić information content (AvgIpc) is 2.54. The molecule has 0 amide bonds. The van der Waals surface area contributed by atoms with Crippen molar-refractivity contribution in [3.05, 3.63) is 0 Å². The molecule has 2 unspecified atom stereocenters. The molecule has 0 aromatic carbocycles. The molecule has 0 rings (SSSR count). The molecule has 0 fully saturated rings. The highest BCUT2D eigenvalue weighted by molar-refractivity contribution is 7.76. The van der Waals surface area contributed by atoms with Gasteiger partial charge in [-0.1, -0.05) is 97.3 Å². The number of hydrogen-bond donors (Lipinski definition) is 0. The van der Waals surface area contributed by atoms with Gasteiger partial charge in [-0.2, -0.15) is 0 Å². The number of unbranched alkanes of at least 4 members (excludes halogenated alkanes) is 11. The summed E-state index contributed by atoms with van der Waals surface area (Å²) in [5.74, 6) is 0. The standard InChI is InChI=1S/C19H41NO2S/c1-4-6-8-10-12-14-16-18-19(20(3)23(21)22)17-15-13-11-9-7-5-2/h19H,4-18H2,1-3H3,(H,21,22)/p-1. The number of nitrogens with zero attached hydrogens (tertiary/aromatic N) is 1. The van der Waals surface area contributed by atoms with Crippen LogP contribution in [-0.4, -0.2) is 26.2 Å². The molecule has 23 heavy (non-hydrogen) atoms. The number of hydrogen-bond acceptors (Lipinski definition) is 2. The summed E-state index contributed by atoms with van der Waals surface area (Å²) in [6, 6.07) is 0.204. The molecule has 3 nitrogen and oxygen atoms in total. The highest BCUT2D eigenvalue weighted by Crippen LogP contribution is 2.18. The summed E-state index contributed by atoms with van der Waals surface area (Å²) in [6.07, 6.45) is 18.7. The van der Waals surface area contributed by atoms with Crippen LogP contribution in [0.4, 0.5) is 0 Å². The molecule has 140 valence electrons. The molecule has 0 aliphatic rings. The minimum Gasteiger partial charge on any atom is -0.760 e. The largest absolute Gasteiger partial charge is 0.760 e. The summed E-state index contributed by atoms with van der Waals surface area (Å²) < 4.78 is 24.0. The van der Waals surface area contributed by atoms with Crippen LogP contribution in [0, 0.1) is 0 Å². The fourth-order valence-corrected chi connectivity index (χ4v) is 3.58. The molecule has 2 atom stereocenters. The monoisotopic (exact) mass is 346 g/mol. The van der Waals surface area contributed by atoms with E-state index in [-0.39, 0.29) is 6.04 Å². The zero-order valence-corrected chi connectivity index (χ0v) is 16.7. The van der Waals surface area contributed by atoms with E-state index in [1.54, 1.807) is 11.4 Å². The topological polar surface area (TPSA) is 43.4 Å². The van der Waals surface area contributed by atoms with Crippen LogP contribution < -0.4 is 0 Å². The second kappa shape index (κ2) is 16.9. The van der Waals surface area contributed by atoms with Crippen molar-refractivity contribution in [2.45, 2.75) is 116 Å². The third kappa shape index (κ3) is 14.1. The van der Waals surface area contributed by atoms with Crippen LogP contribution in [0.25, 0.3) is 0 Å². The highest BCUT2D eigenvalue weighted by Gasteiger charge is 2.14. The zero-order valence-electron chi connectivity index (χ0n) is 15.9. The average molecular weight is 347 g/mol. The molecule has 0 saturated heterocycles. The first-order chi connectivity index (χ1) is 11.1. The van der Waals surface area contributed by atoms with E-state index in [1.165, 1.54) is 70.6 Å². The van der Waals surface area contributed by atoms with Crippen molar-refractivity contribution in [3.63, 3.8) is 0 Å². The Labute approximate surface area is 148 Å². The fourth-order valence-electron chi connectivity index (χ4n) is 3.13. The third-order valence-corrected chi connectivity index (χ3v) is 5.55. The lowest BCUT2D eigenvalue weighted by molar-refractivity contribution is 0.304. The molecule has 0 spiro atoms. The predicted molar refractivity (Wildman–Crippen MR) is 101 cm³/mol. The Morgan fingerprint density at radius 2 is 1.09 bits per heavy atom. The van der Waals surface area contributed by atoms with Gasteiger partial charge in [0.1, 0.15) is 0 Å². The molecule has 0 radical (unpaired) electrons. The molecule has 0 aromatic rings. The van der Waals surface area contributed by atoms with Gasteiger partial charge >= 0.3 is 0 Å². The van der Waals surface area contributed by atoms with Gasteiger partial charge in [-0.3, -0.25) is 4.21 Å². The van der Waals surface area contributed by atoms with Crippen LogP contribution in [0.5, 0.6) is 0 Å². The van der Waals surface area contributed by atoms with Crippen LogP contribution in [0.1, 0.15) is 110 Å². The van der Waals surface area contributed by atoms with Crippen LogP contribution in [0.15, 0.2) is 0 Å². The summed E-state index contributed by atoms with van der Waals surface area (Å²) in [5, 5.41) is 0.